The second kappa shape index (κ2) is 10.3. The number of esters is 1. The van der Waals surface area contributed by atoms with Crippen molar-refractivity contribution in [3.63, 3.8) is 0 Å². The first-order valence-electron chi connectivity index (χ1n) is 10.5. The minimum Gasteiger partial charge on any atom is -0.467 e. The quantitative estimate of drug-likeness (QED) is 0.377. The van der Waals surface area contributed by atoms with Gasteiger partial charge in [-0.1, -0.05) is 78.9 Å². The number of carbonyl (C=O) groups excluding carboxylic acids is 2. The number of benzene rings is 3. The van der Waals surface area contributed by atoms with Crippen LogP contribution in [0.15, 0.2) is 84.9 Å². The lowest BCUT2D eigenvalue weighted by molar-refractivity contribution is -0.143. The van der Waals surface area contributed by atoms with Crippen LogP contribution in [0.25, 0.3) is 22.2 Å². The summed E-state index contributed by atoms with van der Waals surface area (Å²) in [6.45, 7) is 0. The average molecular weight is 457 g/mol. The van der Waals surface area contributed by atoms with Gasteiger partial charge in [0.2, 0.25) is 0 Å². The number of ether oxygens (including phenoxy) is 1. The molecule has 0 spiro atoms. The molecular weight excluding hydrogens is 432 g/mol. The zero-order valence-electron chi connectivity index (χ0n) is 18.4. The predicted octanol–water partition coefficient (Wildman–Crippen LogP) is 5.41. The molecule has 4 rings (SSSR count). The number of carbonyl (C=O) groups is 2. The van der Waals surface area contributed by atoms with Crippen LogP contribution in [0.5, 0.6) is 0 Å². The van der Waals surface area contributed by atoms with Gasteiger partial charge in [0.25, 0.3) is 5.91 Å². The number of thioether (sulfide) groups is 1. The van der Waals surface area contributed by atoms with Gasteiger partial charge < -0.3 is 10.1 Å². The molecule has 0 saturated carbocycles. The van der Waals surface area contributed by atoms with Gasteiger partial charge in [-0.15, -0.1) is 0 Å². The fourth-order valence-electron chi connectivity index (χ4n) is 3.88. The predicted molar refractivity (Wildman–Crippen MR) is 133 cm³/mol. The largest absolute Gasteiger partial charge is 0.467 e. The Labute approximate surface area is 197 Å². The van der Waals surface area contributed by atoms with E-state index in [0.717, 1.165) is 27.7 Å². The Bertz CT molecular complexity index is 1280. The van der Waals surface area contributed by atoms with Gasteiger partial charge in [0.05, 0.1) is 23.9 Å². The summed E-state index contributed by atoms with van der Waals surface area (Å²) in [5, 5.41) is 3.67. The molecule has 1 heterocycles. The van der Waals surface area contributed by atoms with Gasteiger partial charge in [-0.25, -0.2) is 9.78 Å². The van der Waals surface area contributed by atoms with E-state index in [0.29, 0.717) is 16.9 Å². The number of amides is 1. The summed E-state index contributed by atoms with van der Waals surface area (Å²) < 4.78 is 4.99. The zero-order chi connectivity index (χ0) is 23.2. The SMILES string of the molecule is COC(=O)C(NC(=O)c1c(CSC)c(-c2ccccc2)nc2ccccc12)c1ccccc1. The van der Waals surface area contributed by atoms with Crippen molar-refractivity contribution in [2.45, 2.75) is 11.8 Å². The molecule has 166 valence electrons. The van der Waals surface area contributed by atoms with Crippen LogP contribution in [0, 0.1) is 0 Å². The number of hydrogen-bond donors (Lipinski definition) is 1. The van der Waals surface area contributed by atoms with Crippen LogP contribution in [0.3, 0.4) is 0 Å². The summed E-state index contributed by atoms with van der Waals surface area (Å²) in [6, 6.07) is 25.6. The van der Waals surface area contributed by atoms with E-state index in [4.69, 9.17) is 9.72 Å². The summed E-state index contributed by atoms with van der Waals surface area (Å²) in [5.74, 6) is -0.268. The van der Waals surface area contributed by atoms with Gasteiger partial charge in [-0.2, -0.15) is 11.8 Å². The molecule has 1 atom stereocenters. The number of methoxy groups -OCH3 is 1. The van der Waals surface area contributed by atoms with Crippen molar-refractivity contribution in [1.29, 1.82) is 0 Å². The van der Waals surface area contributed by atoms with Crippen LogP contribution in [-0.2, 0) is 15.3 Å². The number of fused-ring (bicyclic) bond motifs is 1. The molecule has 0 aliphatic heterocycles. The highest BCUT2D eigenvalue weighted by Gasteiger charge is 2.27. The average Bonchev–Trinajstić information content (AvgIpc) is 2.87. The molecule has 0 aliphatic rings. The topological polar surface area (TPSA) is 68.3 Å². The van der Waals surface area contributed by atoms with Gasteiger partial charge >= 0.3 is 5.97 Å². The van der Waals surface area contributed by atoms with Crippen molar-refractivity contribution < 1.29 is 14.3 Å². The van der Waals surface area contributed by atoms with Gasteiger partial charge in [0, 0.05) is 22.3 Å². The molecule has 0 radical (unpaired) electrons. The fraction of sp³-hybridized carbons (Fsp3) is 0.148. The maximum atomic E-state index is 13.8. The molecule has 5 nitrogen and oxygen atoms in total. The van der Waals surface area contributed by atoms with Crippen molar-refractivity contribution in [3.05, 3.63) is 102 Å². The third-order valence-corrected chi connectivity index (χ3v) is 5.98. The molecule has 1 aromatic heterocycles. The van der Waals surface area contributed by atoms with Crippen LogP contribution >= 0.6 is 11.8 Å². The van der Waals surface area contributed by atoms with Crippen LogP contribution in [-0.4, -0.2) is 30.2 Å². The summed E-state index contributed by atoms with van der Waals surface area (Å²) >= 11 is 1.62. The summed E-state index contributed by atoms with van der Waals surface area (Å²) in [6.07, 6.45) is 1.99. The first-order chi connectivity index (χ1) is 16.1. The van der Waals surface area contributed by atoms with E-state index in [9.17, 15) is 9.59 Å². The van der Waals surface area contributed by atoms with Gasteiger partial charge in [-0.05, 0) is 17.9 Å². The molecule has 1 amide bonds. The Morgan fingerprint density at radius 1 is 0.939 bits per heavy atom. The summed E-state index contributed by atoms with van der Waals surface area (Å²) in [4.78, 5) is 31.3. The molecule has 0 bridgehead atoms. The Hall–Kier alpha value is -3.64. The molecule has 1 unspecified atom stereocenters. The van der Waals surface area contributed by atoms with Crippen molar-refractivity contribution in [2.24, 2.45) is 0 Å². The second-order valence-electron chi connectivity index (χ2n) is 7.47. The standard InChI is InChI=1S/C27H24N2O3S/c1-32-27(31)25(19-13-7-4-8-14-19)29-26(30)23-20-15-9-10-16-22(20)28-24(21(23)17-33-2)18-11-5-3-6-12-18/h3-16,25H,17H2,1-2H3,(H,29,30). The van der Waals surface area contributed by atoms with E-state index < -0.39 is 12.0 Å². The first kappa shape index (κ1) is 22.6. The van der Waals surface area contributed by atoms with Crippen molar-refractivity contribution in [1.82, 2.24) is 10.3 Å². The highest BCUT2D eigenvalue weighted by atomic mass is 32.2. The first-order valence-corrected chi connectivity index (χ1v) is 11.9. The lowest BCUT2D eigenvalue weighted by atomic mass is 9.96. The Kier molecular flexibility index (Phi) is 7.05. The van der Waals surface area contributed by atoms with E-state index in [-0.39, 0.29) is 5.91 Å². The third-order valence-electron chi connectivity index (χ3n) is 5.40. The number of aromatic nitrogens is 1. The molecule has 1 N–H and O–H groups in total. The van der Waals surface area contributed by atoms with Gasteiger partial charge in [0.15, 0.2) is 6.04 Å². The van der Waals surface area contributed by atoms with Crippen LogP contribution in [0.1, 0.15) is 27.5 Å². The molecular formula is C27H24N2O3S. The number of pyridine rings is 1. The maximum absolute atomic E-state index is 13.8. The van der Waals surface area contributed by atoms with Crippen LogP contribution < -0.4 is 5.32 Å². The normalized spacial score (nSPS) is 11.7. The van der Waals surface area contributed by atoms with E-state index in [1.165, 1.54) is 7.11 Å². The second-order valence-corrected chi connectivity index (χ2v) is 8.34. The number of hydrogen-bond acceptors (Lipinski definition) is 5. The molecule has 6 heteroatoms. The molecule has 0 aliphatic carbocycles. The lowest BCUT2D eigenvalue weighted by Gasteiger charge is -2.20. The molecule has 3 aromatic carbocycles. The third kappa shape index (κ3) is 4.76. The molecule has 0 fully saturated rings. The Morgan fingerprint density at radius 2 is 1.58 bits per heavy atom. The smallest absolute Gasteiger partial charge is 0.333 e. The van der Waals surface area contributed by atoms with E-state index >= 15 is 0 Å². The minimum absolute atomic E-state index is 0.339. The van der Waals surface area contributed by atoms with E-state index in [2.05, 4.69) is 5.32 Å². The molecule has 0 saturated heterocycles. The van der Waals surface area contributed by atoms with Crippen molar-refractivity contribution in [3.8, 4) is 11.3 Å². The van der Waals surface area contributed by atoms with Crippen LogP contribution in [0.2, 0.25) is 0 Å². The summed E-state index contributed by atoms with van der Waals surface area (Å²) in [5.41, 5.74) is 4.45. The van der Waals surface area contributed by atoms with Crippen molar-refractivity contribution in [2.75, 3.05) is 13.4 Å². The Balaban J connectivity index is 1.89. The minimum atomic E-state index is -0.919. The number of nitrogens with one attached hydrogen (secondary N) is 1. The number of nitrogens with zero attached hydrogens (tertiary/aromatic N) is 1. The van der Waals surface area contributed by atoms with E-state index in [1.807, 2.05) is 79.1 Å². The maximum Gasteiger partial charge on any atom is 0.333 e. The van der Waals surface area contributed by atoms with Gasteiger partial charge in [-0.3, -0.25) is 4.79 Å². The Morgan fingerprint density at radius 3 is 2.24 bits per heavy atom. The number of para-hydroxylation sites is 1. The number of rotatable bonds is 7. The molecule has 4 aromatic rings. The summed E-state index contributed by atoms with van der Waals surface area (Å²) in [7, 11) is 1.32. The highest BCUT2D eigenvalue weighted by Crippen LogP contribution is 2.33. The van der Waals surface area contributed by atoms with Crippen molar-refractivity contribution >= 4 is 34.5 Å². The lowest BCUT2D eigenvalue weighted by Crippen LogP contribution is -2.35. The van der Waals surface area contributed by atoms with Crippen LogP contribution in [0.4, 0.5) is 0 Å². The monoisotopic (exact) mass is 456 g/mol. The fourth-order valence-corrected chi connectivity index (χ4v) is 4.45. The van der Waals surface area contributed by atoms with Gasteiger partial charge in [0.1, 0.15) is 0 Å². The zero-order valence-corrected chi connectivity index (χ0v) is 19.3. The van der Waals surface area contributed by atoms with E-state index in [1.54, 1.807) is 23.9 Å². The molecule has 33 heavy (non-hydrogen) atoms. The highest BCUT2D eigenvalue weighted by molar-refractivity contribution is 7.97.